The van der Waals surface area contributed by atoms with Crippen molar-refractivity contribution in [2.75, 3.05) is 12.9 Å². The average Bonchev–Trinajstić information content (AvgIpc) is 2.28. The smallest absolute Gasteiger partial charge is 0.335 e. The summed E-state index contributed by atoms with van der Waals surface area (Å²) in [6, 6.07) is 4.79. The first-order valence-corrected chi connectivity index (χ1v) is 6.15. The summed E-state index contributed by atoms with van der Waals surface area (Å²) in [4.78, 5) is 21.4. The van der Waals surface area contributed by atoms with E-state index in [-0.39, 0.29) is 10.5 Å². The number of esters is 1. The Morgan fingerprint density at radius 3 is 2.53 bits per heavy atom. The molecule has 0 atom stereocenters. The lowest BCUT2D eigenvalue weighted by Crippen LogP contribution is -2.17. The van der Waals surface area contributed by atoms with Gasteiger partial charge in [-0.1, -0.05) is 6.07 Å². The number of carbonyl (C=O) groups is 2. The number of carboxylic acids is 1. The van der Waals surface area contributed by atoms with Crippen LogP contribution in [0.5, 0.6) is 0 Å². The number of carboxylic acid groups (broad SMARTS) is 1. The van der Waals surface area contributed by atoms with Gasteiger partial charge in [-0.15, -0.1) is 0 Å². The Balaban J connectivity index is 3.11. The van der Waals surface area contributed by atoms with Crippen molar-refractivity contribution in [3.8, 4) is 0 Å². The van der Waals surface area contributed by atoms with Crippen LogP contribution in [-0.2, 0) is 19.4 Å². The molecule has 0 heterocycles. The largest absolute Gasteiger partial charge is 0.478 e. The van der Waals surface area contributed by atoms with Gasteiger partial charge in [0, 0.05) is 0 Å². The molecule has 1 aromatic rings. The van der Waals surface area contributed by atoms with Crippen LogP contribution in [0.15, 0.2) is 29.2 Å². The van der Waals surface area contributed by atoms with Gasteiger partial charge in [-0.3, -0.25) is 4.79 Å². The van der Waals surface area contributed by atoms with Gasteiger partial charge in [0.25, 0.3) is 0 Å². The summed E-state index contributed by atoms with van der Waals surface area (Å²) in [5.74, 6) is -2.95. The predicted octanol–water partition coefficient (Wildman–Crippen LogP) is 0.332. The summed E-state index contributed by atoms with van der Waals surface area (Å²) in [6.45, 7) is 0. The highest BCUT2D eigenvalue weighted by molar-refractivity contribution is 7.92. The van der Waals surface area contributed by atoms with E-state index in [1.807, 2.05) is 0 Å². The number of benzene rings is 1. The van der Waals surface area contributed by atoms with Crippen molar-refractivity contribution in [2.24, 2.45) is 0 Å². The molecule has 0 aliphatic heterocycles. The number of aromatic carboxylic acids is 1. The zero-order valence-electron chi connectivity index (χ0n) is 8.91. The molecule has 0 amide bonds. The Labute approximate surface area is 97.7 Å². The first-order chi connectivity index (χ1) is 7.86. The lowest BCUT2D eigenvalue weighted by atomic mass is 10.2. The molecule has 6 nitrogen and oxygen atoms in total. The van der Waals surface area contributed by atoms with Gasteiger partial charge in [-0.25, -0.2) is 13.2 Å². The third-order valence-corrected chi connectivity index (χ3v) is 3.56. The summed E-state index contributed by atoms with van der Waals surface area (Å²) in [5, 5.41) is 8.72. The zero-order valence-corrected chi connectivity index (χ0v) is 9.73. The first-order valence-electron chi connectivity index (χ1n) is 4.50. The zero-order chi connectivity index (χ0) is 13.1. The van der Waals surface area contributed by atoms with E-state index in [4.69, 9.17) is 5.11 Å². The normalized spacial score (nSPS) is 10.9. The Hall–Kier alpha value is -1.89. The van der Waals surface area contributed by atoms with Crippen molar-refractivity contribution in [1.82, 2.24) is 0 Å². The fourth-order valence-corrected chi connectivity index (χ4v) is 2.31. The maximum absolute atomic E-state index is 11.7. The molecule has 0 radical (unpaired) electrons. The molecule has 0 fully saturated rings. The first kappa shape index (κ1) is 13.2. The van der Waals surface area contributed by atoms with Crippen LogP contribution in [0.4, 0.5) is 0 Å². The second-order valence-corrected chi connectivity index (χ2v) is 5.16. The molecular weight excluding hydrogens is 248 g/mol. The molecule has 0 spiro atoms. The second kappa shape index (κ2) is 4.96. The van der Waals surface area contributed by atoms with Crippen LogP contribution in [0.1, 0.15) is 10.4 Å². The molecule has 92 valence electrons. The van der Waals surface area contributed by atoms with Crippen LogP contribution in [0, 0.1) is 0 Å². The fraction of sp³-hybridized carbons (Fsp3) is 0.200. The maximum Gasteiger partial charge on any atom is 0.335 e. The molecule has 0 bridgehead atoms. The number of hydrogen-bond acceptors (Lipinski definition) is 5. The topological polar surface area (TPSA) is 97.7 Å². The number of methoxy groups -OCH3 is 1. The Morgan fingerprint density at radius 1 is 1.35 bits per heavy atom. The maximum atomic E-state index is 11.7. The minimum atomic E-state index is -3.87. The lowest BCUT2D eigenvalue weighted by molar-refractivity contribution is -0.137. The van der Waals surface area contributed by atoms with Gasteiger partial charge in [0.05, 0.1) is 17.6 Å². The van der Waals surface area contributed by atoms with Gasteiger partial charge >= 0.3 is 11.9 Å². The van der Waals surface area contributed by atoms with Crippen molar-refractivity contribution in [3.05, 3.63) is 29.8 Å². The SMILES string of the molecule is COC(=O)CS(=O)(=O)c1cccc(C(=O)O)c1. The van der Waals surface area contributed by atoms with E-state index in [0.29, 0.717) is 0 Å². The lowest BCUT2D eigenvalue weighted by Gasteiger charge is -2.03. The molecule has 1 N–H and O–H groups in total. The minimum Gasteiger partial charge on any atom is -0.478 e. The summed E-state index contributed by atoms with van der Waals surface area (Å²) in [6.07, 6.45) is 0. The summed E-state index contributed by atoms with van der Waals surface area (Å²) in [5.41, 5.74) is -0.157. The van der Waals surface area contributed by atoms with Crippen molar-refractivity contribution in [1.29, 1.82) is 0 Å². The molecule has 0 saturated carbocycles. The van der Waals surface area contributed by atoms with E-state index in [2.05, 4.69) is 4.74 Å². The summed E-state index contributed by atoms with van der Waals surface area (Å²) in [7, 11) is -2.79. The number of carbonyl (C=O) groups excluding carboxylic acids is 1. The van der Waals surface area contributed by atoms with Gasteiger partial charge in [0.15, 0.2) is 15.6 Å². The van der Waals surface area contributed by atoms with Gasteiger partial charge in [-0.2, -0.15) is 0 Å². The predicted molar refractivity (Wildman–Crippen MR) is 57.5 cm³/mol. The molecular formula is C10H10O6S. The standard InChI is InChI=1S/C10H10O6S/c1-16-9(11)6-17(14,15)8-4-2-3-7(5-8)10(12)13/h2-5H,6H2,1H3,(H,12,13). The molecule has 1 rings (SSSR count). The molecule has 17 heavy (non-hydrogen) atoms. The van der Waals surface area contributed by atoms with Crippen LogP contribution >= 0.6 is 0 Å². The Morgan fingerprint density at radius 2 is 2.00 bits per heavy atom. The van der Waals surface area contributed by atoms with Crippen LogP contribution in [0.2, 0.25) is 0 Å². The molecule has 0 unspecified atom stereocenters. The number of hydrogen-bond donors (Lipinski definition) is 1. The summed E-state index contributed by atoms with van der Waals surface area (Å²) < 4.78 is 27.6. The van der Waals surface area contributed by atoms with E-state index in [1.165, 1.54) is 18.2 Å². The van der Waals surface area contributed by atoms with E-state index >= 15 is 0 Å². The Bertz CT molecular complexity index is 546. The van der Waals surface area contributed by atoms with Crippen molar-refractivity contribution < 1.29 is 27.9 Å². The molecule has 0 aliphatic carbocycles. The van der Waals surface area contributed by atoms with Crippen LogP contribution in [-0.4, -0.2) is 38.3 Å². The third-order valence-electron chi connectivity index (χ3n) is 1.98. The van der Waals surface area contributed by atoms with Crippen molar-refractivity contribution in [2.45, 2.75) is 4.90 Å². The minimum absolute atomic E-state index is 0.157. The second-order valence-electron chi connectivity index (χ2n) is 3.17. The van der Waals surface area contributed by atoms with E-state index in [0.717, 1.165) is 13.2 Å². The van der Waals surface area contributed by atoms with Crippen molar-refractivity contribution in [3.63, 3.8) is 0 Å². The third kappa shape index (κ3) is 3.28. The molecule has 0 aromatic heterocycles. The molecule has 0 saturated heterocycles. The van der Waals surface area contributed by atoms with Gasteiger partial charge < -0.3 is 9.84 Å². The monoisotopic (exact) mass is 258 g/mol. The fourth-order valence-electron chi connectivity index (χ4n) is 1.12. The van der Waals surface area contributed by atoms with Crippen molar-refractivity contribution >= 4 is 21.8 Å². The number of sulfone groups is 1. The Kier molecular flexibility index (Phi) is 3.84. The molecule has 1 aromatic carbocycles. The highest BCUT2D eigenvalue weighted by Crippen LogP contribution is 2.13. The highest BCUT2D eigenvalue weighted by atomic mass is 32.2. The van der Waals surface area contributed by atoms with E-state index in [1.54, 1.807) is 0 Å². The summed E-state index contributed by atoms with van der Waals surface area (Å²) >= 11 is 0. The van der Waals surface area contributed by atoms with Crippen LogP contribution in [0.3, 0.4) is 0 Å². The average molecular weight is 258 g/mol. The number of rotatable bonds is 4. The van der Waals surface area contributed by atoms with E-state index < -0.39 is 27.5 Å². The molecule has 7 heteroatoms. The highest BCUT2D eigenvalue weighted by Gasteiger charge is 2.20. The quantitative estimate of drug-likeness (QED) is 0.781. The van der Waals surface area contributed by atoms with Gasteiger partial charge in [-0.05, 0) is 18.2 Å². The van der Waals surface area contributed by atoms with E-state index in [9.17, 15) is 18.0 Å². The molecule has 0 aliphatic rings. The van der Waals surface area contributed by atoms with Gasteiger partial charge in [0.2, 0.25) is 0 Å². The van der Waals surface area contributed by atoms with Crippen LogP contribution < -0.4 is 0 Å². The van der Waals surface area contributed by atoms with Crippen LogP contribution in [0.25, 0.3) is 0 Å². The number of ether oxygens (including phenoxy) is 1. The van der Waals surface area contributed by atoms with Gasteiger partial charge in [0.1, 0.15) is 0 Å².